The van der Waals surface area contributed by atoms with Crippen LogP contribution in [0.2, 0.25) is 0 Å². The third kappa shape index (κ3) is 4.34. The normalized spacial score (nSPS) is 16.8. The molecule has 0 aliphatic carbocycles. The highest BCUT2D eigenvalue weighted by Crippen LogP contribution is 2.29. The smallest absolute Gasteiger partial charge is 0.417 e. The maximum atomic E-state index is 12.4. The number of hydroxylamine groups is 2. The second-order valence-corrected chi connectivity index (χ2v) is 7.71. The van der Waals surface area contributed by atoms with Gasteiger partial charge < -0.3 is 9.47 Å². The molecule has 3 amide bonds. The van der Waals surface area contributed by atoms with E-state index in [-0.39, 0.29) is 11.5 Å². The van der Waals surface area contributed by atoms with E-state index in [4.69, 9.17) is 14.7 Å². The van der Waals surface area contributed by atoms with Gasteiger partial charge in [-0.15, -0.1) is 0 Å². The number of carbonyl (C=O) groups is 3. The Hall–Kier alpha value is -3.90. The highest BCUT2D eigenvalue weighted by molar-refractivity contribution is 6.02. The summed E-state index contributed by atoms with van der Waals surface area (Å²) in [6.45, 7) is 3.82. The van der Waals surface area contributed by atoms with Gasteiger partial charge >= 0.3 is 6.09 Å². The SMILES string of the molecule is CC1(C)OC(=O)N(CC(C)(Oc2ccc(-c3ccc(C#N)cc3)cc2)N(O)C=O)C1=O. The molecule has 0 radical (unpaired) electrons. The minimum absolute atomic E-state index is 0.127. The first-order chi connectivity index (χ1) is 14.6. The van der Waals surface area contributed by atoms with Crippen LogP contribution in [0.1, 0.15) is 26.3 Å². The summed E-state index contributed by atoms with van der Waals surface area (Å²) in [6, 6.07) is 15.9. The molecule has 1 aliphatic rings. The van der Waals surface area contributed by atoms with Crippen molar-refractivity contribution < 1.29 is 29.1 Å². The number of carbonyl (C=O) groups excluding carboxylic acids is 3. The van der Waals surface area contributed by atoms with Crippen molar-refractivity contribution in [1.29, 1.82) is 5.26 Å². The van der Waals surface area contributed by atoms with E-state index in [0.717, 1.165) is 16.0 Å². The molecule has 1 atom stereocenters. The molecule has 3 rings (SSSR count). The molecule has 2 aromatic carbocycles. The quantitative estimate of drug-likeness (QED) is 0.315. The number of cyclic esters (lactones) is 1. The molecule has 9 heteroatoms. The maximum absolute atomic E-state index is 12.4. The summed E-state index contributed by atoms with van der Waals surface area (Å²) in [6.07, 6.45) is -0.761. The Morgan fingerprint density at radius 2 is 1.71 bits per heavy atom. The van der Waals surface area contributed by atoms with Crippen LogP contribution < -0.4 is 4.74 Å². The van der Waals surface area contributed by atoms with Gasteiger partial charge in [-0.25, -0.2) is 9.69 Å². The van der Waals surface area contributed by atoms with E-state index in [9.17, 15) is 19.6 Å². The van der Waals surface area contributed by atoms with Crippen LogP contribution in [0, 0.1) is 11.3 Å². The molecule has 1 aliphatic heterocycles. The van der Waals surface area contributed by atoms with Crippen molar-refractivity contribution >= 4 is 18.4 Å². The van der Waals surface area contributed by atoms with Crippen molar-refractivity contribution in [2.45, 2.75) is 32.1 Å². The Labute approximate surface area is 179 Å². The zero-order valence-electron chi connectivity index (χ0n) is 17.2. The number of nitriles is 1. The lowest BCUT2D eigenvalue weighted by Crippen LogP contribution is -2.57. The number of hydrogen-bond donors (Lipinski definition) is 1. The predicted molar refractivity (Wildman–Crippen MR) is 108 cm³/mol. The fraction of sp³-hybridized carbons (Fsp3) is 0.273. The predicted octanol–water partition coefficient (Wildman–Crippen LogP) is 2.93. The second kappa shape index (κ2) is 8.08. The maximum Gasteiger partial charge on any atom is 0.417 e. The highest BCUT2D eigenvalue weighted by atomic mass is 16.6. The van der Waals surface area contributed by atoms with Gasteiger partial charge in [0, 0.05) is 0 Å². The first-order valence-corrected chi connectivity index (χ1v) is 9.38. The minimum atomic E-state index is -1.76. The third-order valence-electron chi connectivity index (χ3n) is 4.90. The molecule has 1 unspecified atom stereocenters. The van der Waals surface area contributed by atoms with Gasteiger partial charge in [-0.3, -0.25) is 14.8 Å². The monoisotopic (exact) mass is 423 g/mol. The van der Waals surface area contributed by atoms with Gasteiger partial charge in [-0.05, 0) is 56.2 Å². The van der Waals surface area contributed by atoms with Crippen molar-refractivity contribution in [3.8, 4) is 22.9 Å². The lowest BCUT2D eigenvalue weighted by molar-refractivity contribution is -0.226. The largest absolute Gasteiger partial charge is 0.464 e. The Kier molecular flexibility index (Phi) is 5.69. The molecular formula is C22H21N3O6. The lowest BCUT2D eigenvalue weighted by Gasteiger charge is -2.36. The van der Waals surface area contributed by atoms with Gasteiger partial charge in [0.05, 0.1) is 18.2 Å². The molecule has 0 aromatic heterocycles. The lowest BCUT2D eigenvalue weighted by atomic mass is 10.0. The number of nitrogens with zero attached hydrogens (tertiary/aromatic N) is 3. The van der Waals surface area contributed by atoms with Gasteiger partial charge in [-0.1, -0.05) is 24.3 Å². The summed E-state index contributed by atoms with van der Waals surface area (Å²) in [7, 11) is 0. The van der Waals surface area contributed by atoms with E-state index >= 15 is 0 Å². The molecule has 1 heterocycles. The first kappa shape index (κ1) is 21.8. The molecule has 160 valence electrons. The van der Waals surface area contributed by atoms with Crippen molar-refractivity contribution in [1.82, 2.24) is 9.96 Å². The summed E-state index contributed by atoms with van der Waals surface area (Å²) >= 11 is 0. The zero-order valence-corrected chi connectivity index (χ0v) is 17.2. The van der Waals surface area contributed by atoms with Crippen LogP contribution >= 0.6 is 0 Å². The van der Waals surface area contributed by atoms with Crippen LogP contribution in [0.5, 0.6) is 5.75 Å². The number of amides is 3. The Morgan fingerprint density at radius 3 is 2.16 bits per heavy atom. The van der Waals surface area contributed by atoms with Gasteiger partial charge in [0.2, 0.25) is 12.1 Å². The summed E-state index contributed by atoms with van der Waals surface area (Å²) in [5.74, 6) is -0.317. The van der Waals surface area contributed by atoms with Crippen molar-refractivity contribution in [3.05, 3.63) is 54.1 Å². The fourth-order valence-corrected chi connectivity index (χ4v) is 3.12. The molecule has 9 nitrogen and oxygen atoms in total. The standard InChI is InChI=1S/C22H21N3O6/c1-21(2)19(27)24(20(28)31-21)13-22(3,25(29)14-26)30-18-10-8-17(9-11-18)16-6-4-15(12-23)5-7-16/h4-11,14,29H,13H2,1-3H3. The Balaban J connectivity index is 1.82. The number of imide groups is 1. The third-order valence-corrected chi connectivity index (χ3v) is 4.90. The van der Waals surface area contributed by atoms with E-state index in [1.165, 1.54) is 20.8 Å². The van der Waals surface area contributed by atoms with Crippen LogP contribution in [0.3, 0.4) is 0 Å². The molecule has 0 saturated carbocycles. The molecule has 2 aromatic rings. The van der Waals surface area contributed by atoms with Crippen LogP contribution in [0.25, 0.3) is 11.1 Å². The molecule has 31 heavy (non-hydrogen) atoms. The fourth-order valence-electron chi connectivity index (χ4n) is 3.12. The van der Waals surface area contributed by atoms with Crippen molar-refractivity contribution in [3.63, 3.8) is 0 Å². The van der Waals surface area contributed by atoms with Gasteiger partial charge in [-0.2, -0.15) is 10.3 Å². The van der Waals surface area contributed by atoms with Gasteiger partial charge in [0.1, 0.15) is 5.75 Å². The highest BCUT2D eigenvalue weighted by Gasteiger charge is 2.51. The Morgan fingerprint density at radius 1 is 1.16 bits per heavy atom. The van der Waals surface area contributed by atoms with Crippen LogP contribution in [0.15, 0.2) is 48.5 Å². The van der Waals surface area contributed by atoms with Crippen molar-refractivity contribution in [2.24, 2.45) is 0 Å². The van der Waals surface area contributed by atoms with Gasteiger partial charge in [0.25, 0.3) is 5.91 Å². The average Bonchev–Trinajstić information content (AvgIpc) is 2.95. The topological polar surface area (TPSA) is 120 Å². The van der Waals surface area contributed by atoms with E-state index < -0.39 is 29.9 Å². The number of benzene rings is 2. The number of hydrogen-bond acceptors (Lipinski definition) is 7. The molecule has 1 fully saturated rings. The minimum Gasteiger partial charge on any atom is -0.464 e. The van der Waals surface area contributed by atoms with Gasteiger partial charge in [0.15, 0.2) is 5.60 Å². The first-order valence-electron chi connectivity index (χ1n) is 9.38. The average molecular weight is 423 g/mol. The van der Waals surface area contributed by atoms with Crippen LogP contribution in [0.4, 0.5) is 4.79 Å². The van der Waals surface area contributed by atoms with Crippen LogP contribution in [-0.4, -0.2) is 51.5 Å². The van der Waals surface area contributed by atoms with E-state index in [0.29, 0.717) is 11.3 Å². The number of ether oxygens (including phenoxy) is 2. The van der Waals surface area contributed by atoms with E-state index in [1.807, 2.05) is 12.1 Å². The molecule has 0 bridgehead atoms. The Bertz CT molecular complexity index is 1040. The molecular weight excluding hydrogens is 402 g/mol. The van der Waals surface area contributed by atoms with E-state index in [1.54, 1.807) is 36.4 Å². The molecule has 0 spiro atoms. The molecule has 1 N–H and O–H groups in total. The second-order valence-electron chi connectivity index (χ2n) is 7.71. The van der Waals surface area contributed by atoms with Crippen LogP contribution in [-0.2, 0) is 14.3 Å². The summed E-state index contributed by atoms with van der Waals surface area (Å²) < 4.78 is 10.8. The summed E-state index contributed by atoms with van der Waals surface area (Å²) in [5.41, 5.74) is -0.809. The summed E-state index contributed by atoms with van der Waals surface area (Å²) in [4.78, 5) is 36.6. The summed E-state index contributed by atoms with van der Waals surface area (Å²) in [5, 5.41) is 19.3. The zero-order chi connectivity index (χ0) is 22.8. The number of rotatable bonds is 7. The van der Waals surface area contributed by atoms with E-state index in [2.05, 4.69) is 6.07 Å². The van der Waals surface area contributed by atoms with Crippen molar-refractivity contribution in [2.75, 3.05) is 6.54 Å². The molecule has 1 saturated heterocycles.